The Morgan fingerprint density at radius 3 is 2.33 bits per heavy atom. The maximum absolute atomic E-state index is 11.9. The van der Waals surface area contributed by atoms with E-state index in [1.807, 2.05) is 12.1 Å². The van der Waals surface area contributed by atoms with Crippen LogP contribution in [-0.2, 0) is 4.79 Å². The van der Waals surface area contributed by atoms with E-state index in [-0.39, 0.29) is 0 Å². The van der Waals surface area contributed by atoms with Crippen molar-refractivity contribution in [2.75, 3.05) is 18.0 Å². The van der Waals surface area contributed by atoms with E-state index in [4.69, 9.17) is 4.42 Å². The van der Waals surface area contributed by atoms with E-state index in [0.29, 0.717) is 11.3 Å². The summed E-state index contributed by atoms with van der Waals surface area (Å²) in [4.78, 5) is 26.2. The van der Waals surface area contributed by atoms with Crippen LogP contribution in [0.3, 0.4) is 0 Å². The molecule has 0 atom stereocenters. The number of aryl methyl sites for hydroxylation is 1. The van der Waals surface area contributed by atoms with Gasteiger partial charge in [-0.3, -0.25) is 20.4 Å². The quantitative estimate of drug-likeness (QED) is 0.641. The summed E-state index contributed by atoms with van der Waals surface area (Å²) in [5.74, 6) is -0.312. The number of nitrogens with zero attached hydrogens (tertiary/aromatic N) is 1. The molecule has 0 saturated carbocycles. The van der Waals surface area contributed by atoms with Gasteiger partial charge in [0.15, 0.2) is 0 Å². The highest BCUT2D eigenvalue weighted by molar-refractivity contribution is 5.98. The summed E-state index contributed by atoms with van der Waals surface area (Å²) in [6.45, 7) is 3.90. The molecule has 1 fully saturated rings. The predicted octanol–water partition coefficient (Wildman–Crippen LogP) is 3.44. The number of carbonyl (C=O) groups excluding carboxylic acids is 2. The van der Waals surface area contributed by atoms with E-state index in [0.717, 1.165) is 18.7 Å². The second-order valence-corrected chi connectivity index (χ2v) is 6.66. The Balaban J connectivity index is 1.50. The Kier molecular flexibility index (Phi) is 6.30. The van der Waals surface area contributed by atoms with Gasteiger partial charge in [-0.05, 0) is 49.6 Å². The highest BCUT2D eigenvalue weighted by atomic mass is 16.3. The first-order chi connectivity index (χ1) is 13.1. The lowest BCUT2D eigenvalue weighted by atomic mass is 10.1. The fourth-order valence-corrected chi connectivity index (χ4v) is 3.14. The summed E-state index contributed by atoms with van der Waals surface area (Å²) < 4.78 is 5.07. The van der Waals surface area contributed by atoms with Gasteiger partial charge in [-0.2, -0.15) is 0 Å². The number of amides is 2. The summed E-state index contributed by atoms with van der Waals surface area (Å²) in [5.41, 5.74) is 7.27. The number of benzene rings is 1. The van der Waals surface area contributed by atoms with Gasteiger partial charge in [-0.15, -0.1) is 0 Å². The number of hydrogen-bond donors (Lipinski definition) is 2. The third kappa shape index (κ3) is 5.23. The number of nitrogens with one attached hydrogen (secondary N) is 2. The fraction of sp³-hybridized carbons (Fsp3) is 0.333. The van der Waals surface area contributed by atoms with Crippen molar-refractivity contribution in [3.63, 3.8) is 0 Å². The van der Waals surface area contributed by atoms with Crippen LogP contribution in [0.4, 0.5) is 5.69 Å². The molecule has 1 aliphatic rings. The molecule has 27 heavy (non-hydrogen) atoms. The molecule has 1 aromatic carbocycles. The zero-order valence-corrected chi connectivity index (χ0v) is 15.5. The SMILES string of the molecule is Cc1occc1C(=O)NNC(=O)/C=C/c1ccc(N2CCCCCC2)cc1. The molecule has 2 N–H and O–H groups in total. The lowest BCUT2D eigenvalue weighted by molar-refractivity contribution is -0.117. The van der Waals surface area contributed by atoms with Gasteiger partial charge in [0, 0.05) is 24.9 Å². The van der Waals surface area contributed by atoms with Crippen molar-refractivity contribution in [2.45, 2.75) is 32.6 Å². The fourth-order valence-electron chi connectivity index (χ4n) is 3.14. The molecule has 2 heterocycles. The number of furan rings is 1. The van der Waals surface area contributed by atoms with Gasteiger partial charge in [0.05, 0.1) is 11.8 Å². The molecular formula is C21H25N3O3. The van der Waals surface area contributed by atoms with Crippen molar-refractivity contribution in [1.29, 1.82) is 0 Å². The van der Waals surface area contributed by atoms with Crippen molar-refractivity contribution in [3.8, 4) is 0 Å². The summed E-state index contributed by atoms with van der Waals surface area (Å²) in [7, 11) is 0. The lowest BCUT2D eigenvalue weighted by Crippen LogP contribution is -2.40. The van der Waals surface area contributed by atoms with Gasteiger partial charge in [-0.1, -0.05) is 25.0 Å². The summed E-state index contributed by atoms with van der Waals surface area (Å²) in [6.07, 6.45) is 9.64. The standard InChI is InChI=1S/C21H25N3O3/c1-16-19(12-15-27-16)21(26)23-22-20(25)11-8-17-6-9-18(10-7-17)24-13-4-2-3-5-14-24/h6-12,15H,2-5,13-14H2,1H3,(H,22,25)(H,23,26)/b11-8+. The van der Waals surface area contributed by atoms with Gasteiger partial charge < -0.3 is 9.32 Å². The number of rotatable bonds is 4. The summed E-state index contributed by atoms with van der Waals surface area (Å²) in [6, 6.07) is 9.73. The molecule has 1 aliphatic heterocycles. The number of carbonyl (C=O) groups is 2. The predicted molar refractivity (Wildman–Crippen MR) is 105 cm³/mol. The highest BCUT2D eigenvalue weighted by Gasteiger charge is 2.11. The molecule has 0 aliphatic carbocycles. The van der Waals surface area contributed by atoms with Crippen molar-refractivity contribution in [3.05, 3.63) is 59.6 Å². The average molecular weight is 367 g/mol. The molecule has 1 aromatic heterocycles. The van der Waals surface area contributed by atoms with Crippen LogP contribution in [0.1, 0.15) is 47.4 Å². The normalized spacial score (nSPS) is 14.8. The zero-order chi connectivity index (χ0) is 19.1. The van der Waals surface area contributed by atoms with Crippen LogP contribution in [0, 0.1) is 6.92 Å². The third-order valence-corrected chi connectivity index (χ3v) is 4.69. The first-order valence-electron chi connectivity index (χ1n) is 9.31. The monoisotopic (exact) mass is 367 g/mol. The van der Waals surface area contributed by atoms with Crippen molar-refractivity contribution in [1.82, 2.24) is 10.9 Å². The topological polar surface area (TPSA) is 74.6 Å². The maximum atomic E-state index is 11.9. The van der Waals surface area contributed by atoms with Crippen LogP contribution in [0.15, 0.2) is 47.1 Å². The Bertz CT molecular complexity index is 800. The largest absolute Gasteiger partial charge is 0.469 e. The van der Waals surface area contributed by atoms with Crippen LogP contribution >= 0.6 is 0 Å². The van der Waals surface area contributed by atoms with Crippen molar-refractivity contribution >= 4 is 23.6 Å². The van der Waals surface area contributed by atoms with Crippen LogP contribution in [0.25, 0.3) is 6.08 Å². The summed E-state index contributed by atoms with van der Waals surface area (Å²) in [5, 5.41) is 0. The molecule has 0 bridgehead atoms. The minimum atomic E-state index is -0.412. The van der Waals surface area contributed by atoms with Crippen molar-refractivity contribution in [2.24, 2.45) is 0 Å². The average Bonchev–Trinajstić information content (AvgIpc) is 2.94. The van der Waals surface area contributed by atoms with Gasteiger partial charge in [0.25, 0.3) is 11.8 Å². The van der Waals surface area contributed by atoms with Crippen molar-refractivity contribution < 1.29 is 14.0 Å². The Morgan fingerprint density at radius 1 is 1.00 bits per heavy atom. The molecule has 3 rings (SSSR count). The summed E-state index contributed by atoms with van der Waals surface area (Å²) >= 11 is 0. The van der Waals surface area contributed by atoms with E-state index in [1.165, 1.54) is 43.7 Å². The van der Waals surface area contributed by atoms with Crippen LogP contribution in [0.5, 0.6) is 0 Å². The van der Waals surface area contributed by atoms with E-state index in [2.05, 4.69) is 27.9 Å². The second-order valence-electron chi connectivity index (χ2n) is 6.66. The third-order valence-electron chi connectivity index (χ3n) is 4.69. The van der Waals surface area contributed by atoms with Crippen LogP contribution < -0.4 is 15.8 Å². The lowest BCUT2D eigenvalue weighted by Gasteiger charge is -2.22. The van der Waals surface area contributed by atoms with Gasteiger partial charge in [0.2, 0.25) is 0 Å². The number of hydrogen-bond acceptors (Lipinski definition) is 4. The van der Waals surface area contributed by atoms with Gasteiger partial charge in [0.1, 0.15) is 5.76 Å². The van der Waals surface area contributed by atoms with Crippen LogP contribution in [0.2, 0.25) is 0 Å². The van der Waals surface area contributed by atoms with E-state index in [9.17, 15) is 9.59 Å². The van der Waals surface area contributed by atoms with Gasteiger partial charge >= 0.3 is 0 Å². The Labute approximate surface area is 159 Å². The molecule has 2 aromatic rings. The molecule has 0 radical (unpaired) electrons. The minimum absolute atomic E-state index is 0.392. The molecule has 6 heteroatoms. The van der Waals surface area contributed by atoms with Gasteiger partial charge in [-0.25, -0.2) is 0 Å². The smallest absolute Gasteiger partial charge is 0.273 e. The highest BCUT2D eigenvalue weighted by Crippen LogP contribution is 2.20. The molecule has 6 nitrogen and oxygen atoms in total. The first-order valence-corrected chi connectivity index (χ1v) is 9.31. The zero-order valence-electron chi connectivity index (χ0n) is 15.5. The molecule has 142 valence electrons. The molecule has 0 unspecified atom stereocenters. The second kappa shape index (κ2) is 9.07. The Hall–Kier alpha value is -3.02. The number of hydrazine groups is 1. The minimum Gasteiger partial charge on any atom is -0.469 e. The van der Waals surface area contributed by atoms with E-state index in [1.54, 1.807) is 19.1 Å². The maximum Gasteiger partial charge on any atom is 0.273 e. The Morgan fingerprint density at radius 2 is 1.70 bits per heavy atom. The molecular weight excluding hydrogens is 342 g/mol. The van der Waals surface area contributed by atoms with Crippen LogP contribution in [-0.4, -0.2) is 24.9 Å². The first kappa shape index (κ1) is 18.8. The number of anilines is 1. The molecule has 1 saturated heterocycles. The van der Waals surface area contributed by atoms with E-state index >= 15 is 0 Å². The molecule has 0 spiro atoms. The molecule has 2 amide bonds. The van der Waals surface area contributed by atoms with E-state index < -0.39 is 11.8 Å².